The summed E-state index contributed by atoms with van der Waals surface area (Å²) in [4.78, 5) is 2.40. The quantitative estimate of drug-likeness (QED) is 0.155. The zero-order valence-electron chi connectivity index (χ0n) is 37.8. The second-order valence-electron chi connectivity index (χ2n) is 18.4. The van der Waals surface area contributed by atoms with Gasteiger partial charge in [0.1, 0.15) is 0 Å². The Morgan fingerprint density at radius 3 is 1.49 bits per heavy atom. The van der Waals surface area contributed by atoms with Gasteiger partial charge in [-0.05, 0) is 115 Å². The summed E-state index contributed by atoms with van der Waals surface area (Å²) in [5.41, 5.74) is 24.1. The molecule has 0 amide bonds. The van der Waals surface area contributed by atoms with Crippen LogP contribution in [0.2, 0.25) is 0 Å². The van der Waals surface area contributed by atoms with E-state index in [9.17, 15) is 0 Å². The second kappa shape index (κ2) is 15.6. The third-order valence-electron chi connectivity index (χ3n) is 14.8. The van der Waals surface area contributed by atoms with Gasteiger partial charge in [-0.25, -0.2) is 0 Å². The molecule has 2 nitrogen and oxygen atoms in total. The van der Waals surface area contributed by atoms with Crippen LogP contribution in [0, 0.1) is 0 Å². The minimum Gasteiger partial charge on any atom is -0.310 e. The first-order chi connectivity index (χ1) is 34.3. The third-order valence-corrected chi connectivity index (χ3v) is 14.8. The van der Waals surface area contributed by atoms with Gasteiger partial charge < -0.3 is 9.47 Å². The molecule has 0 fully saturated rings. The summed E-state index contributed by atoms with van der Waals surface area (Å²) in [5, 5.41) is 2.52. The van der Waals surface area contributed by atoms with Crippen LogP contribution >= 0.6 is 0 Å². The first kappa shape index (κ1) is 39.2. The van der Waals surface area contributed by atoms with E-state index in [1.54, 1.807) is 0 Å². The second-order valence-corrected chi connectivity index (χ2v) is 18.4. The molecule has 1 spiro atoms. The summed E-state index contributed by atoms with van der Waals surface area (Å²) < 4.78 is 2.54. The fourth-order valence-electron chi connectivity index (χ4n) is 11.9. The van der Waals surface area contributed by atoms with E-state index >= 15 is 0 Å². The lowest BCUT2D eigenvalue weighted by Gasteiger charge is -2.31. The molecule has 322 valence electrons. The number of aromatic nitrogens is 1. The number of hydrogen-bond acceptors (Lipinski definition) is 1. The van der Waals surface area contributed by atoms with Crippen molar-refractivity contribution >= 4 is 38.9 Å². The first-order valence-electron chi connectivity index (χ1n) is 23.9. The predicted octanol–water partition coefficient (Wildman–Crippen LogP) is 17.6. The minimum absolute atomic E-state index is 0.474. The van der Waals surface area contributed by atoms with Gasteiger partial charge in [-0.1, -0.05) is 218 Å². The van der Waals surface area contributed by atoms with E-state index in [0.717, 1.165) is 33.9 Å². The molecule has 0 N–H and O–H groups in total. The van der Waals surface area contributed by atoms with E-state index in [4.69, 9.17) is 0 Å². The molecule has 12 aromatic rings. The van der Waals surface area contributed by atoms with Gasteiger partial charge in [-0.2, -0.15) is 0 Å². The number of hydrogen-bond donors (Lipinski definition) is 0. The van der Waals surface area contributed by atoms with Gasteiger partial charge >= 0.3 is 0 Å². The zero-order chi connectivity index (χ0) is 45.5. The SMILES string of the molecule is c1ccc(-c2ccc(N(c3cccc(-c4ccc(-n5c6ccccc6c6ccc7c(c65)C5(c6ccccc6-c6ccccc65)c5ccccc5-7)cc4)c3)c3ccccc3-c3ccccc3)cc2)cc1. The maximum absolute atomic E-state index is 2.54. The fraction of sp³-hybridized carbons (Fsp3) is 0.0149. The van der Waals surface area contributed by atoms with Gasteiger partial charge in [-0.3, -0.25) is 0 Å². The normalized spacial score (nSPS) is 12.8. The standard InChI is InChI=1S/C67H44N2/c1-3-18-45(19-4-1)46-34-38-50(39-35-46)68(63-32-15-10-24-53(63)48-20-5-2-6-21-48)52-23-17-22-49(44-52)47-36-40-51(41-37-47)69-64-33-16-11-28-57(64)59-43-42-58-56-27-9-14-31-62(56)67(65(58)66(59)69)60-29-12-7-25-54(60)55-26-8-13-30-61(55)67/h1-44H. The molecule has 0 saturated carbocycles. The zero-order valence-corrected chi connectivity index (χ0v) is 37.8. The molecule has 69 heavy (non-hydrogen) atoms. The van der Waals surface area contributed by atoms with Gasteiger partial charge in [0, 0.05) is 39.0 Å². The lowest BCUT2D eigenvalue weighted by molar-refractivity contribution is 0.797. The van der Waals surface area contributed by atoms with E-state index in [1.165, 1.54) is 88.6 Å². The Hall–Kier alpha value is -8.98. The summed E-state index contributed by atoms with van der Waals surface area (Å²) in [6.07, 6.45) is 0. The van der Waals surface area contributed by atoms with Crippen LogP contribution in [0.4, 0.5) is 17.1 Å². The largest absolute Gasteiger partial charge is 0.310 e. The summed E-state index contributed by atoms with van der Waals surface area (Å²) in [5.74, 6) is 0. The van der Waals surface area contributed by atoms with Crippen molar-refractivity contribution in [2.24, 2.45) is 0 Å². The molecule has 0 saturated heterocycles. The predicted molar refractivity (Wildman–Crippen MR) is 288 cm³/mol. The molecule has 0 bridgehead atoms. The number of anilines is 3. The monoisotopic (exact) mass is 876 g/mol. The number of nitrogens with zero attached hydrogens (tertiary/aromatic N) is 2. The fourth-order valence-corrected chi connectivity index (χ4v) is 11.9. The summed E-state index contributed by atoms with van der Waals surface area (Å²) in [6, 6.07) is 98.3. The van der Waals surface area contributed by atoms with Gasteiger partial charge in [-0.15, -0.1) is 0 Å². The highest BCUT2D eigenvalue weighted by molar-refractivity contribution is 6.14. The highest BCUT2D eigenvalue weighted by atomic mass is 15.1. The van der Waals surface area contributed by atoms with Gasteiger partial charge in [0.25, 0.3) is 0 Å². The van der Waals surface area contributed by atoms with E-state index in [-0.39, 0.29) is 0 Å². The molecular formula is C67H44N2. The van der Waals surface area contributed by atoms with Crippen LogP contribution in [0.15, 0.2) is 267 Å². The summed E-state index contributed by atoms with van der Waals surface area (Å²) in [7, 11) is 0. The minimum atomic E-state index is -0.474. The van der Waals surface area contributed by atoms with Crippen LogP contribution in [0.1, 0.15) is 22.3 Å². The van der Waals surface area contributed by atoms with Crippen molar-refractivity contribution in [1.82, 2.24) is 4.57 Å². The van der Waals surface area contributed by atoms with E-state index in [2.05, 4.69) is 276 Å². The number of fused-ring (bicyclic) bond motifs is 14. The Labute approximate surface area is 402 Å². The Bertz CT molecular complexity index is 3870. The van der Waals surface area contributed by atoms with Crippen LogP contribution in [0.3, 0.4) is 0 Å². The Kier molecular flexibility index (Phi) is 8.84. The lowest BCUT2D eigenvalue weighted by atomic mass is 9.70. The Morgan fingerprint density at radius 1 is 0.304 bits per heavy atom. The number of para-hydroxylation sites is 2. The van der Waals surface area contributed by atoms with Crippen molar-refractivity contribution in [3.05, 3.63) is 289 Å². The maximum Gasteiger partial charge on any atom is 0.0746 e. The van der Waals surface area contributed by atoms with Crippen molar-refractivity contribution in [3.63, 3.8) is 0 Å². The van der Waals surface area contributed by atoms with Crippen molar-refractivity contribution in [3.8, 4) is 61.3 Å². The van der Waals surface area contributed by atoms with Crippen LogP contribution < -0.4 is 4.90 Å². The molecule has 1 heterocycles. The molecule has 11 aromatic carbocycles. The molecule has 1 aromatic heterocycles. The molecule has 0 atom stereocenters. The number of rotatable bonds is 7. The maximum atomic E-state index is 2.54. The average molecular weight is 877 g/mol. The van der Waals surface area contributed by atoms with Crippen LogP contribution in [-0.2, 0) is 5.41 Å². The highest BCUT2D eigenvalue weighted by Gasteiger charge is 2.53. The third kappa shape index (κ3) is 5.86. The smallest absolute Gasteiger partial charge is 0.0746 e. The Morgan fingerprint density at radius 2 is 0.812 bits per heavy atom. The van der Waals surface area contributed by atoms with Gasteiger partial charge in [0.15, 0.2) is 0 Å². The highest BCUT2D eigenvalue weighted by Crippen LogP contribution is 2.64. The molecule has 14 rings (SSSR count). The van der Waals surface area contributed by atoms with E-state index < -0.39 is 5.41 Å². The average Bonchev–Trinajstić information content (AvgIpc) is 4.04. The molecule has 2 heteroatoms. The molecule has 2 aliphatic rings. The van der Waals surface area contributed by atoms with Gasteiger partial charge in [0.05, 0.1) is 22.1 Å². The van der Waals surface area contributed by atoms with E-state index in [0.29, 0.717) is 0 Å². The molecule has 2 aliphatic carbocycles. The van der Waals surface area contributed by atoms with Crippen LogP contribution in [0.25, 0.3) is 83.1 Å². The topological polar surface area (TPSA) is 8.17 Å². The van der Waals surface area contributed by atoms with E-state index in [1.807, 2.05) is 0 Å². The first-order valence-corrected chi connectivity index (χ1v) is 23.9. The van der Waals surface area contributed by atoms with Crippen LogP contribution in [-0.4, -0.2) is 4.57 Å². The van der Waals surface area contributed by atoms with Gasteiger partial charge in [0.2, 0.25) is 0 Å². The van der Waals surface area contributed by atoms with Crippen molar-refractivity contribution in [2.45, 2.75) is 5.41 Å². The Balaban J connectivity index is 0.930. The molecular weight excluding hydrogens is 833 g/mol. The number of benzene rings is 11. The molecule has 0 unspecified atom stereocenters. The molecule has 0 radical (unpaired) electrons. The molecule has 0 aliphatic heterocycles. The summed E-state index contributed by atoms with van der Waals surface area (Å²) in [6.45, 7) is 0. The van der Waals surface area contributed by atoms with Crippen molar-refractivity contribution in [1.29, 1.82) is 0 Å². The van der Waals surface area contributed by atoms with Crippen molar-refractivity contribution < 1.29 is 0 Å². The lowest BCUT2D eigenvalue weighted by Crippen LogP contribution is -2.26. The van der Waals surface area contributed by atoms with Crippen molar-refractivity contribution in [2.75, 3.05) is 4.90 Å². The van der Waals surface area contributed by atoms with Crippen LogP contribution in [0.5, 0.6) is 0 Å². The summed E-state index contributed by atoms with van der Waals surface area (Å²) >= 11 is 0.